The van der Waals surface area contributed by atoms with Crippen molar-refractivity contribution < 1.29 is 13.0 Å². The summed E-state index contributed by atoms with van der Waals surface area (Å²) in [6.07, 6.45) is 0. The summed E-state index contributed by atoms with van der Waals surface area (Å²) in [6, 6.07) is 20.3. The van der Waals surface area contributed by atoms with Crippen molar-refractivity contribution in [1.29, 1.82) is 0 Å². The van der Waals surface area contributed by atoms with E-state index in [4.69, 9.17) is 4.55 Å². The summed E-state index contributed by atoms with van der Waals surface area (Å²) in [4.78, 5) is 1.96. The number of nitrogens with zero attached hydrogens (tertiary/aromatic N) is 1. The molecule has 0 atom stereocenters. The minimum absolute atomic E-state index is 0. The summed E-state index contributed by atoms with van der Waals surface area (Å²) in [5.74, 6) is 0. The van der Waals surface area contributed by atoms with E-state index in [0.717, 1.165) is 22.1 Å². The normalized spacial score (nSPS) is 11.0. The van der Waals surface area contributed by atoms with Crippen LogP contribution in [-0.2, 0) is 10.1 Å². The van der Waals surface area contributed by atoms with Crippen molar-refractivity contribution in [3.8, 4) is 0 Å². The molecule has 0 spiro atoms. The van der Waals surface area contributed by atoms with Gasteiger partial charge in [-0.2, -0.15) is 8.42 Å². The number of para-hydroxylation sites is 1. The Balaban J connectivity index is 0.00000192. The third-order valence-electron chi connectivity index (χ3n) is 3.62. The average Bonchev–Trinajstić information content (AvgIpc) is 2.53. The molecule has 0 bridgehead atoms. The number of hydrogen-bond donors (Lipinski definition) is 1. The maximum absolute atomic E-state index is 11.2. The summed E-state index contributed by atoms with van der Waals surface area (Å²) in [5, 5.41) is 1.67. The van der Waals surface area contributed by atoms with Crippen LogP contribution in [0.3, 0.4) is 0 Å². The van der Waals surface area contributed by atoms with Gasteiger partial charge in [-0.15, -0.1) is 0 Å². The summed E-state index contributed by atoms with van der Waals surface area (Å²) < 4.78 is 31.5. The Bertz CT molecular complexity index is 927. The number of anilines is 2. The van der Waals surface area contributed by atoms with Crippen molar-refractivity contribution in [3.63, 3.8) is 0 Å². The first kappa shape index (κ1) is 18.0. The first-order valence-corrected chi connectivity index (χ1v) is 8.19. The van der Waals surface area contributed by atoms with Gasteiger partial charge < -0.3 is 4.90 Å². The summed E-state index contributed by atoms with van der Waals surface area (Å²) in [6.45, 7) is 0. The Morgan fingerprint density at radius 3 is 2.09 bits per heavy atom. The number of rotatable bonds is 3. The number of fused-ring (bicyclic) bond motifs is 1. The molecule has 3 rings (SSSR count). The van der Waals surface area contributed by atoms with Crippen LogP contribution < -0.4 is 4.90 Å². The molecule has 0 aliphatic carbocycles. The molecule has 0 unspecified atom stereocenters. The predicted octanol–water partition coefficient (Wildman–Crippen LogP) is 3.21. The Labute approximate surface area is 157 Å². The van der Waals surface area contributed by atoms with E-state index >= 15 is 0 Å². The molecule has 4 nitrogen and oxygen atoms in total. The molecule has 0 amide bonds. The second-order valence-electron chi connectivity index (χ2n) is 5.06. The van der Waals surface area contributed by atoms with Gasteiger partial charge in [0.15, 0.2) is 0 Å². The molecule has 0 aromatic heterocycles. The van der Waals surface area contributed by atoms with Crippen LogP contribution >= 0.6 is 0 Å². The Kier molecular flexibility index (Phi) is 5.49. The molecule has 0 aliphatic rings. The Morgan fingerprint density at radius 2 is 1.43 bits per heavy atom. The van der Waals surface area contributed by atoms with Crippen molar-refractivity contribution >= 4 is 61.8 Å². The van der Waals surface area contributed by atoms with Crippen LogP contribution in [0.25, 0.3) is 10.8 Å². The molecule has 3 aromatic carbocycles. The molecule has 114 valence electrons. The molecule has 3 aromatic rings. The zero-order valence-corrected chi connectivity index (χ0v) is 12.8. The van der Waals surface area contributed by atoms with Gasteiger partial charge in [0.1, 0.15) is 0 Å². The topological polar surface area (TPSA) is 57.6 Å². The number of benzene rings is 3. The van der Waals surface area contributed by atoms with Gasteiger partial charge in [0.2, 0.25) is 0 Å². The SMILES string of the molecule is CN(c1ccccc1)c1ccc2cc(S(=O)(=O)O)ccc2c1.[NaH]. The van der Waals surface area contributed by atoms with E-state index in [0.29, 0.717) is 0 Å². The van der Waals surface area contributed by atoms with Gasteiger partial charge in [0, 0.05) is 18.4 Å². The first-order valence-electron chi connectivity index (χ1n) is 6.75. The second kappa shape index (κ2) is 7.03. The van der Waals surface area contributed by atoms with E-state index in [-0.39, 0.29) is 34.5 Å². The van der Waals surface area contributed by atoms with Gasteiger partial charge in [-0.25, -0.2) is 0 Å². The predicted molar refractivity (Wildman–Crippen MR) is 95.4 cm³/mol. The van der Waals surface area contributed by atoms with Crippen LogP contribution in [0.5, 0.6) is 0 Å². The van der Waals surface area contributed by atoms with Gasteiger partial charge in [-0.05, 0) is 47.2 Å². The molecule has 0 radical (unpaired) electrons. The third-order valence-corrected chi connectivity index (χ3v) is 4.47. The van der Waals surface area contributed by atoms with Crippen LogP contribution in [0.1, 0.15) is 0 Å². The fourth-order valence-electron chi connectivity index (χ4n) is 2.38. The van der Waals surface area contributed by atoms with Gasteiger partial charge >= 0.3 is 29.6 Å². The Hall–Kier alpha value is -1.37. The molecule has 0 aliphatic heterocycles. The van der Waals surface area contributed by atoms with Crippen LogP contribution in [-0.4, -0.2) is 49.6 Å². The summed E-state index contributed by atoms with van der Waals surface area (Å²) in [7, 11) is -2.20. The van der Waals surface area contributed by atoms with E-state index in [2.05, 4.69) is 4.90 Å². The van der Waals surface area contributed by atoms with Crippen LogP contribution in [0.4, 0.5) is 11.4 Å². The molecule has 0 saturated carbocycles. The average molecular weight is 337 g/mol. The quantitative estimate of drug-likeness (QED) is 0.589. The van der Waals surface area contributed by atoms with E-state index in [1.165, 1.54) is 12.1 Å². The standard InChI is InChI=1S/C17H15NO3S.Na.H/c1-18(15-5-3-2-4-6-15)16-9-7-14-12-17(22(19,20)21)10-8-13(14)11-16;;/h2-12H,1H3,(H,19,20,21);;. The van der Waals surface area contributed by atoms with Crippen molar-refractivity contribution in [1.82, 2.24) is 0 Å². The van der Waals surface area contributed by atoms with E-state index < -0.39 is 10.1 Å². The second-order valence-corrected chi connectivity index (χ2v) is 6.48. The summed E-state index contributed by atoms with van der Waals surface area (Å²) >= 11 is 0. The molecule has 1 N–H and O–H groups in total. The van der Waals surface area contributed by atoms with Crippen LogP contribution in [0.2, 0.25) is 0 Å². The monoisotopic (exact) mass is 337 g/mol. The van der Waals surface area contributed by atoms with Gasteiger partial charge in [0.25, 0.3) is 10.1 Å². The fraction of sp³-hybridized carbons (Fsp3) is 0.0588. The molecular weight excluding hydrogens is 321 g/mol. The van der Waals surface area contributed by atoms with Crippen molar-refractivity contribution in [3.05, 3.63) is 66.7 Å². The number of hydrogen-bond acceptors (Lipinski definition) is 3. The van der Waals surface area contributed by atoms with Crippen molar-refractivity contribution in [2.45, 2.75) is 4.90 Å². The summed E-state index contributed by atoms with van der Waals surface area (Å²) in [5.41, 5.74) is 2.06. The Morgan fingerprint density at radius 1 is 0.826 bits per heavy atom. The van der Waals surface area contributed by atoms with E-state index in [9.17, 15) is 8.42 Å². The van der Waals surface area contributed by atoms with E-state index in [1.54, 1.807) is 6.07 Å². The van der Waals surface area contributed by atoms with E-state index in [1.807, 2.05) is 55.6 Å². The van der Waals surface area contributed by atoms with Gasteiger partial charge in [-0.3, -0.25) is 4.55 Å². The molecule has 0 saturated heterocycles. The minimum atomic E-state index is -4.17. The fourth-order valence-corrected chi connectivity index (χ4v) is 2.90. The molecule has 23 heavy (non-hydrogen) atoms. The van der Waals surface area contributed by atoms with Crippen LogP contribution in [0, 0.1) is 0 Å². The zero-order chi connectivity index (χ0) is 15.7. The molecule has 0 fully saturated rings. The maximum atomic E-state index is 11.2. The third kappa shape index (κ3) is 3.94. The van der Waals surface area contributed by atoms with Crippen molar-refractivity contribution in [2.75, 3.05) is 11.9 Å². The molecular formula is C17H16NNaO3S. The molecule has 6 heteroatoms. The first-order chi connectivity index (χ1) is 10.4. The molecule has 0 heterocycles. The van der Waals surface area contributed by atoms with Gasteiger partial charge in [0.05, 0.1) is 4.90 Å². The zero-order valence-electron chi connectivity index (χ0n) is 12.0. The van der Waals surface area contributed by atoms with Crippen molar-refractivity contribution in [2.24, 2.45) is 0 Å². The van der Waals surface area contributed by atoms with Crippen LogP contribution in [0.15, 0.2) is 71.6 Å². The van der Waals surface area contributed by atoms with Gasteiger partial charge in [-0.1, -0.05) is 30.3 Å².